The molecular weight excluding hydrogens is 224 g/mol. The normalized spacial score (nSPS) is 25.9. The fraction of sp³-hybridized carbons (Fsp3) is 0.933. The number of hydrogen-bond donors (Lipinski definition) is 0. The molecule has 0 bridgehead atoms. The summed E-state index contributed by atoms with van der Waals surface area (Å²) in [6.45, 7) is 2.10. The lowest BCUT2D eigenvalue weighted by atomic mass is 9.96. The summed E-state index contributed by atoms with van der Waals surface area (Å²) in [5, 5.41) is 0. The monoisotopic (exact) mass is 252 g/mol. The van der Waals surface area contributed by atoms with Crippen molar-refractivity contribution in [2.75, 3.05) is 27.2 Å². The largest absolute Gasteiger partial charge is 0.339 e. The second-order valence-corrected chi connectivity index (χ2v) is 6.25. The van der Waals surface area contributed by atoms with Crippen LogP contribution in [-0.2, 0) is 4.79 Å². The first-order valence-electron chi connectivity index (χ1n) is 7.63. The van der Waals surface area contributed by atoms with E-state index in [1.807, 2.05) is 0 Å². The van der Waals surface area contributed by atoms with Crippen molar-refractivity contribution < 1.29 is 4.79 Å². The van der Waals surface area contributed by atoms with E-state index in [-0.39, 0.29) is 0 Å². The maximum atomic E-state index is 12.6. The Hall–Kier alpha value is -0.570. The Morgan fingerprint density at radius 1 is 1.11 bits per heavy atom. The molecule has 1 heterocycles. The number of rotatable bonds is 4. The molecule has 1 aliphatic heterocycles. The molecule has 1 amide bonds. The molecule has 2 fully saturated rings. The number of nitrogens with zero attached hydrogens (tertiary/aromatic N) is 2. The van der Waals surface area contributed by atoms with Crippen LogP contribution < -0.4 is 0 Å². The van der Waals surface area contributed by atoms with Crippen molar-refractivity contribution in [2.45, 2.75) is 57.4 Å². The van der Waals surface area contributed by atoms with Gasteiger partial charge in [-0.3, -0.25) is 4.79 Å². The molecule has 3 heteroatoms. The van der Waals surface area contributed by atoms with Gasteiger partial charge in [-0.05, 0) is 59.2 Å². The van der Waals surface area contributed by atoms with E-state index in [1.54, 1.807) is 0 Å². The molecule has 2 aliphatic rings. The predicted octanol–water partition coefficient (Wildman–Crippen LogP) is 2.51. The zero-order valence-corrected chi connectivity index (χ0v) is 12.0. The average Bonchev–Trinajstić information content (AvgIpc) is 2.89. The standard InChI is InChI=1S/C15H28N2O/c1-16(2)12-10-14-9-5-6-11-17(14)15(18)13-7-3-4-8-13/h13-14H,3-12H2,1-2H3/t14-/m1/s1. The van der Waals surface area contributed by atoms with Crippen LogP contribution in [0.15, 0.2) is 0 Å². The van der Waals surface area contributed by atoms with Crippen LogP contribution in [-0.4, -0.2) is 48.9 Å². The molecule has 0 N–H and O–H groups in total. The van der Waals surface area contributed by atoms with Crippen LogP contribution in [0.25, 0.3) is 0 Å². The smallest absolute Gasteiger partial charge is 0.225 e. The van der Waals surface area contributed by atoms with E-state index in [0.29, 0.717) is 17.9 Å². The Labute approximate surface area is 112 Å². The van der Waals surface area contributed by atoms with E-state index in [1.165, 1.54) is 32.1 Å². The second kappa shape index (κ2) is 6.55. The van der Waals surface area contributed by atoms with Crippen molar-refractivity contribution in [1.82, 2.24) is 9.80 Å². The summed E-state index contributed by atoms with van der Waals surface area (Å²) in [6.07, 6.45) is 9.64. The summed E-state index contributed by atoms with van der Waals surface area (Å²) in [7, 11) is 4.23. The Kier molecular flexibility index (Phi) is 5.04. The lowest BCUT2D eigenvalue weighted by molar-refractivity contribution is -0.139. The van der Waals surface area contributed by atoms with Gasteiger partial charge in [0.1, 0.15) is 0 Å². The van der Waals surface area contributed by atoms with E-state index in [4.69, 9.17) is 0 Å². The molecule has 1 saturated carbocycles. The van der Waals surface area contributed by atoms with Crippen molar-refractivity contribution in [3.05, 3.63) is 0 Å². The number of carbonyl (C=O) groups is 1. The van der Waals surface area contributed by atoms with Gasteiger partial charge in [0, 0.05) is 18.5 Å². The van der Waals surface area contributed by atoms with Gasteiger partial charge in [-0.15, -0.1) is 0 Å². The lowest BCUT2D eigenvalue weighted by Crippen LogP contribution is -2.47. The van der Waals surface area contributed by atoms with Crippen LogP contribution in [0.4, 0.5) is 0 Å². The summed E-state index contributed by atoms with van der Waals surface area (Å²) in [4.78, 5) is 17.0. The zero-order valence-electron chi connectivity index (χ0n) is 12.0. The number of likely N-dealkylation sites (tertiary alicyclic amines) is 1. The first-order chi connectivity index (χ1) is 8.68. The van der Waals surface area contributed by atoms with E-state index < -0.39 is 0 Å². The van der Waals surface area contributed by atoms with Gasteiger partial charge in [0.25, 0.3) is 0 Å². The second-order valence-electron chi connectivity index (χ2n) is 6.25. The number of hydrogen-bond acceptors (Lipinski definition) is 2. The van der Waals surface area contributed by atoms with E-state index in [0.717, 1.165) is 32.4 Å². The number of carbonyl (C=O) groups excluding carboxylic acids is 1. The minimum atomic E-state index is 0.352. The van der Waals surface area contributed by atoms with Gasteiger partial charge in [-0.1, -0.05) is 12.8 Å². The third-order valence-corrected chi connectivity index (χ3v) is 4.52. The van der Waals surface area contributed by atoms with Gasteiger partial charge >= 0.3 is 0 Å². The third-order valence-electron chi connectivity index (χ3n) is 4.52. The highest BCUT2D eigenvalue weighted by molar-refractivity contribution is 5.79. The molecule has 1 atom stereocenters. The Balaban J connectivity index is 1.91. The zero-order chi connectivity index (χ0) is 13.0. The molecule has 0 aromatic heterocycles. The molecule has 0 spiro atoms. The van der Waals surface area contributed by atoms with Crippen LogP contribution in [0.3, 0.4) is 0 Å². The fourth-order valence-corrected chi connectivity index (χ4v) is 3.41. The average molecular weight is 252 g/mol. The summed E-state index contributed by atoms with van der Waals surface area (Å²) in [6, 6.07) is 0.509. The van der Waals surface area contributed by atoms with Crippen LogP contribution >= 0.6 is 0 Å². The highest BCUT2D eigenvalue weighted by atomic mass is 16.2. The van der Waals surface area contributed by atoms with Gasteiger partial charge < -0.3 is 9.80 Å². The van der Waals surface area contributed by atoms with Gasteiger partial charge in [0.2, 0.25) is 5.91 Å². The van der Waals surface area contributed by atoms with Crippen molar-refractivity contribution >= 4 is 5.91 Å². The van der Waals surface area contributed by atoms with Crippen LogP contribution in [0.1, 0.15) is 51.4 Å². The summed E-state index contributed by atoms with van der Waals surface area (Å²) in [5.41, 5.74) is 0. The minimum absolute atomic E-state index is 0.352. The number of amides is 1. The Morgan fingerprint density at radius 3 is 2.44 bits per heavy atom. The van der Waals surface area contributed by atoms with E-state index >= 15 is 0 Å². The van der Waals surface area contributed by atoms with Gasteiger partial charge in [0.15, 0.2) is 0 Å². The highest BCUT2D eigenvalue weighted by Crippen LogP contribution is 2.30. The predicted molar refractivity (Wildman–Crippen MR) is 74.5 cm³/mol. The molecule has 1 aliphatic carbocycles. The van der Waals surface area contributed by atoms with Gasteiger partial charge in [0.05, 0.1) is 0 Å². The summed E-state index contributed by atoms with van der Waals surface area (Å²) in [5.74, 6) is 0.820. The van der Waals surface area contributed by atoms with Crippen molar-refractivity contribution in [3.63, 3.8) is 0 Å². The van der Waals surface area contributed by atoms with Crippen molar-refractivity contribution in [3.8, 4) is 0 Å². The lowest BCUT2D eigenvalue weighted by Gasteiger charge is -2.38. The highest BCUT2D eigenvalue weighted by Gasteiger charge is 2.32. The first kappa shape index (κ1) is 13.9. The topological polar surface area (TPSA) is 23.6 Å². The molecule has 2 rings (SSSR count). The summed E-state index contributed by atoms with van der Waals surface area (Å²) < 4.78 is 0. The Bertz CT molecular complexity index is 272. The molecule has 0 aromatic carbocycles. The van der Waals surface area contributed by atoms with Crippen molar-refractivity contribution in [2.24, 2.45) is 5.92 Å². The minimum Gasteiger partial charge on any atom is -0.339 e. The molecule has 0 radical (unpaired) electrons. The molecule has 18 heavy (non-hydrogen) atoms. The summed E-state index contributed by atoms with van der Waals surface area (Å²) >= 11 is 0. The van der Waals surface area contributed by atoms with Gasteiger partial charge in [-0.2, -0.15) is 0 Å². The van der Waals surface area contributed by atoms with Crippen LogP contribution in [0, 0.1) is 5.92 Å². The SMILES string of the molecule is CN(C)CC[C@H]1CCCCN1C(=O)C1CCCC1. The third kappa shape index (κ3) is 3.47. The maximum Gasteiger partial charge on any atom is 0.225 e. The molecule has 1 saturated heterocycles. The fourth-order valence-electron chi connectivity index (χ4n) is 3.41. The van der Waals surface area contributed by atoms with Crippen LogP contribution in [0.5, 0.6) is 0 Å². The number of piperidine rings is 1. The van der Waals surface area contributed by atoms with E-state index in [9.17, 15) is 4.79 Å². The molecule has 0 aromatic rings. The van der Waals surface area contributed by atoms with Gasteiger partial charge in [-0.25, -0.2) is 0 Å². The molecule has 3 nitrogen and oxygen atoms in total. The van der Waals surface area contributed by atoms with Crippen molar-refractivity contribution in [1.29, 1.82) is 0 Å². The van der Waals surface area contributed by atoms with E-state index in [2.05, 4.69) is 23.9 Å². The quantitative estimate of drug-likeness (QED) is 0.767. The van der Waals surface area contributed by atoms with Crippen LogP contribution in [0.2, 0.25) is 0 Å². The Morgan fingerprint density at radius 2 is 1.78 bits per heavy atom. The molecule has 104 valence electrons. The molecular formula is C15H28N2O. The first-order valence-corrected chi connectivity index (χ1v) is 7.63. The molecule has 0 unspecified atom stereocenters. The maximum absolute atomic E-state index is 12.6.